The summed E-state index contributed by atoms with van der Waals surface area (Å²) in [5.74, 6) is 0.997. The van der Waals surface area contributed by atoms with E-state index in [-0.39, 0.29) is 11.9 Å². The molecule has 0 aromatic heterocycles. The summed E-state index contributed by atoms with van der Waals surface area (Å²) in [6.45, 7) is 2.48. The van der Waals surface area contributed by atoms with Gasteiger partial charge in [-0.05, 0) is 18.6 Å². The van der Waals surface area contributed by atoms with Gasteiger partial charge in [0, 0.05) is 12.6 Å². The molecule has 0 aliphatic heterocycles. The lowest BCUT2D eigenvalue weighted by atomic mass is 10.1. The highest BCUT2D eigenvalue weighted by Crippen LogP contribution is 2.39. The van der Waals surface area contributed by atoms with Gasteiger partial charge in [-0.1, -0.05) is 13.3 Å². The van der Waals surface area contributed by atoms with Crippen LogP contribution in [0.5, 0.6) is 17.2 Å². The third-order valence-electron chi connectivity index (χ3n) is 3.13. The Morgan fingerprint density at radius 1 is 1.19 bits per heavy atom. The van der Waals surface area contributed by atoms with Crippen molar-refractivity contribution in [1.82, 2.24) is 5.32 Å². The number of hydrogen-bond acceptors (Lipinski definition) is 5. The molecule has 0 aliphatic carbocycles. The number of nitrogens with one attached hydrogen (secondary N) is 1. The lowest BCUT2D eigenvalue weighted by molar-refractivity contribution is 0.0947. The number of carbonyl (C=O) groups excluding carboxylic acids is 1. The van der Waals surface area contributed by atoms with Crippen molar-refractivity contribution in [2.24, 2.45) is 5.73 Å². The van der Waals surface area contributed by atoms with Gasteiger partial charge in [0.2, 0.25) is 5.75 Å². The van der Waals surface area contributed by atoms with Crippen molar-refractivity contribution in [3.8, 4) is 17.2 Å². The van der Waals surface area contributed by atoms with Crippen molar-refractivity contribution < 1.29 is 19.0 Å². The Morgan fingerprint density at radius 3 is 2.38 bits per heavy atom. The molecular formula is C15H24N2O4. The van der Waals surface area contributed by atoms with Crippen LogP contribution in [0.15, 0.2) is 12.1 Å². The van der Waals surface area contributed by atoms with Crippen LogP contribution in [0.2, 0.25) is 0 Å². The number of methoxy groups -OCH3 is 3. The van der Waals surface area contributed by atoms with Crippen molar-refractivity contribution in [3.05, 3.63) is 17.7 Å². The zero-order chi connectivity index (χ0) is 15.8. The summed E-state index contributed by atoms with van der Waals surface area (Å²) in [7, 11) is 4.51. The number of rotatable bonds is 8. The molecule has 0 heterocycles. The molecule has 1 atom stereocenters. The Balaban J connectivity index is 2.94. The van der Waals surface area contributed by atoms with Crippen molar-refractivity contribution in [2.45, 2.75) is 25.8 Å². The van der Waals surface area contributed by atoms with Crippen LogP contribution in [0, 0.1) is 0 Å². The van der Waals surface area contributed by atoms with Crippen LogP contribution in [0.4, 0.5) is 0 Å². The fourth-order valence-corrected chi connectivity index (χ4v) is 2.07. The molecule has 21 heavy (non-hydrogen) atoms. The van der Waals surface area contributed by atoms with E-state index in [9.17, 15) is 4.79 Å². The number of ether oxygens (including phenoxy) is 3. The molecule has 1 unspecified atom stereocenters. The number of hydrogen-bond donors (Lipinski definition) is 2. The quantitative estimate of drug-likeness (QED) is 0.761. The van der Waals surface area contributed by atoms with E-state index >= 15 is 0 Å². The fraction of sp³-hybridized carbons (Fsp3) is 0.533. The van der Waals surface area contributed by atoms with Crippen molar-refractivity contribution in [1.29, 1.82) is 0 Å². The summed E-state index contributed by atoms with van der Waals surface area (Å²) in [4.78, 5) is 12.3. The second kappa shape index (κ2) is 8.36. The standard InChI is InChI=1S/C15H24N2O4/c1-5-6-10(16)9-17-15(18)11-7-8-12(19-2)14(21-4)13(11)20-3/h7-8,10H,5-6,9,16H2,1-4H3,(H,17,18). The molecule has 0 spiro atoms. The van der Waals surface area contributed by atoms with Gasteiger partial charge < -0.3 is 25.3 Å². The van der Waals surface area contributed by atoms with Crippen LogP contribution in [0.1, 0.15) is 30.1 Å². The van der Waals surface area contributed by atoms with Crippen molar-refractivity contribution in [2.75, 3.05) is 27.9 Å². The first kappa shape index (κ1) is 17.1. The first-order valence-corrected chi connectivity index (χ1v) is 6.91. The number of amides is 1. The SMILES string of the molecule is CCCC(N)CNC(=O)c1ccc(OC)c(OC)c1OC. The van der Waals surface area contributed by atoms with E-state index in [2.05, 4.69) is 12.2 Å². The molecule has 0 bridgehead atoms. The van der Waals surface area contributed by atoms with Gasteiger partial charge in [-0.3, -0.25) is 4.79 Å². The van der Waals surface area contributed by atoms with Crippen LogP contribution in [0.3, 0.4) is 0 Å². The lowest BCUT2D eigenvalue weighted by Crippen LogP contribution is -2.37. The fourth-order valence-electron chi connectivity index (χ4n) is 2.07. The molecule has 6 nitrogen and oxygen atoms in total. The molecule has 0 saturated carbocycles. The molecule has 1 rings (SSSR count). The van der Waals surface area contributed by atoms with Gasteiger partial charge in [-0.15, -0.1) is 0 Å². The lowest BCUT2D eigenvalue weighted by Gasteiger charge is -2.16. The topological polar surface area (TPSA) is 82.8 Å². The van der Waals surface area contributed by atoms with Crippen molar-refractivity contribution in [3.63, 3.8) is 0 Å². The highest BCUT2D eigenvalue weighted by molar-refractivity contribution is 5.98. The molecule has 0 saturated heterocycles. The summed E-state index contributed by atoms with van der Waals surface area (Å²) in [6.07, 6.45) is 1.85. The van der Waals surface area contributed by atoms with E-state index in [0.29, 0.717) is 29.4 Å². The summed E-state index contributed by atoms with van der Waals surface area (Å²) < 4.78 is 15.7. The molecule has 0 radical (unpaired) electrons. The van der Waals surface area contributed by atoms with Crippen LogP contribution >= 0.6 is 0 Å². The normalized spacial score (nSPS) is 11.7. The molecule has 1 amide bonds. The smallest absolute Gasteiger partial charge is 0.255 e. The number of carbonyl (C=O) groups is 1. The Hall–Kier alpha value is -1.95. The van der Waals surface area contributed by atoms with E-state index in [1.54, 1.807) is 12.1 Å². The predicted molar refractivity (Wildman–Crippen MR) is 81.3 cm³/mol. The minimum atomic E-state index is -0.251. The van der Waals surface area contributed by atoms with Gasteiger partial charge in [0.15, 0.2) is 11.5 Å². The molecular weight excluding hydrogens is 272 g/mol. The minimum absolute atomic E-state index is 0.0508. The monoisotopic (exact) mass is 296 g/mol. The largest absolute Gasteiger partial charge is 0.493 e. The van der Waals surface area contributed by atoms with Crippen molar-refractivity contribution >= 4 is 5.91 Å². The molecule has 1 aromatic carbocycles. The average Bonchev–Trinajstić information content (AvgIpc) is 2.51. The van der Waals surface area contributed by atoms with Gasteiger partial charge in [0.05, 0.1) is 26.9 Å². The second-order valence-electron chi connectivity index (χ2n) is 4.64. The summed E-state index contributed by atoms with van der Waals surface area (Å²) in [6, 6.07) is 3.26. The minimum Gasteiger partial charge on any atom is -0.493 e. The first-order chi connectivity index (χ1) is 10.1. The molecule has 1 aromatic rings. The third kappa shape index (κ3) is 4.26. The molecule has 118 valence electrons. The van der Waals surface area contributed by atoms with Gasteiger partial charge in [-0.25, -0.2) is 0 Å². The summed E-state index contributed by atoms with van der Waals surface area (Å²) in [5.41, 5.74) is 6.28. The van der Waals surface area contributed by atoms with E-state index in [4.69, 9.17) is 19.9 Å². The highest BCUT2D eigenvalue weighted by Gasteiger charge is 2.20. The molecule has 3 N–H and O–H groups in total. The van der Waals surface area contributed by atoms with E-state index < -0.39 is 0 Å². The maximum absolute atomic E-state index is 12.3. The van der Waals surface area contributed by atoms with E-state index in [1.165, 1.54) is 21.3 Å². The Labute approximate surface area is 125 Å². The average molecular weight is 296 g/mol. The maximum atomic E-state index is 12.3. The second-order valence-corrected chi connectivity index (χ2v) is 4.64. The van der Waals surface area contributed by atoms with Gasteiger partial charge in [-0.2, -0.15) is 0 Å². The summed E-state index contributed by atoms with van der Waals surface area (Å²) in [5, 5.41) is 2.81. The summed E-state index contributed by atoms with van der Waals surface area (Å²) >= 11 is 0. The van der Waals surface area contributed by atoms with Gasteiger partial charge in [0.1, 0.15) is 0 Å². The zero-order valence-corrected chi connectivity index (χ0v) is 13.1. The highest BCUT2D eigenvalue weighted by atomic mass is 16.5. The van der Waals surface area contributed by atoms with Gasteiger partial charge in [0.25, 0.3) is 5.91 Å². The van der Waals surface area contributed by atoms with E-state index in [1.807, 2.05) is 0 Å². The molecule has 0 aliphatic rings. The Kier molecular flexibility index (Phi) is 6.81. The van der Waals surface area contributed by atoms with Crippen LogP contribution in [0.25, 0.3) is 0 Å². The number of nitrogens with two attached hydrogens (primary N) is 1. The van der Waals surface area contributed by atoms with Crippen LogP contribution < -0.4 is 25.3 Å². The van der Waals surface area contributed by atoms with Crippen LogP contribution in [-0.2, 0) is 0 Å². The molecule has 6 heteroatoms. The Morgan fingerprint density at radius 2 is 1.86 bits per heavy atom. The zero-order valence-electron chi connectivity index (χ0n) is 13.1. The third-order valence-corrected chi connectivity index (χ3v) is 3.13. The Bertz CT molecular complexity index is 477. The first-order valence-electron chi connectivity index (χ1n) is 6.91. The predicted octanol–water partition coefficient (Wildman–Crippen LogP) is 1.57. The maximum Gasteiger partial charge on any atom is 0.255 e. The molecule has 0 fully saturated rings. The van der Waals surface area contributed by atoms with Crippen LogP contribution in [-0.4, -0.2) is 39.8 Å². The van der Waals surface area contributed by atoms with E-state index in [0.717, 1.165) is 12.8 Å². The number of benzene rings is 1. The van der Waals surface area contributed by atoms with Gasteiger partial charge >= 0.3 is 0 Å².